The Hall–Kier alpha value is -3.72. The van der Waals surface area contributed by atoms with E-state index in [4.69, 9.17) is 9.26 Å². The van der Waals surface area contributed by atoms with Crippen molar-refractivity contribution in [2.24, 2.45) is 0 Å². The Morgan fingerprint density at radius 1 is 1.09 bits per heavy atom. The fourth-order valence-corrected chi connectivity index (χ4v) is 4.16. The van der Waals surface area contributed by atoms with Gasteiger partial charge in [-0.15, -0.1) is 0 Å². The monoisotopic (exact) mass is 435 g/mol. The smallest absolute Gasteiger partial charge is 0.431 e. The molecule has 5 rings (SSSR count). The molecule has 2 fully saturated rings. The Labute approximate surface area is 183 Å². The predicted octanol–water partition coefficient (Wildman–Crippen LogP) is 1.55. The zero-order chi connectivity index (χ0) is 22.2. The summed E-state index contributed by atoms with van der Waals surface area (Å²) in [5, 5.41) is 2.64. The van der Waals surface area contributed by atoms with Crippen molar-refractivity contribution < 1.29 is 23.5 Å². The highest BCUT2D eigenvalue weighted by atomic mass is 16.5. The molecule has 0 spiro atoms. The summed E-state index contributed by atoms with van der Waals surface area (Å²) in [5.74, 6) is 0.197. The molecule has 0 bridgehead atoms. The lowest BCUT2D eigenvalue weighted by Crippen LogP contribution is -2.47. The van der Waals surface area contributed by atoms with E-state index in [-0.39, 0.29) is 30.8 Å². The highest BCUT2D eigenvalue weighted by Crippen LogP contribution is 2.34. The van der Waals surface area contributed by atoms with Gasteiger partial charge >= 0.3 is 11.3 Å². The van der Waals surface area contributed by atoms with Crippen LogP contribution in [0.1, 0.15) is 25.0 Å². The van der Waals surface area contributed by atoms with Gasteiger partial charge in [0.2, 0.25) is 11.6 Å². The fourth-order valence-electron chi connectivity index (χ4n) is 4.16. The number of amides is 2. The first kappa shape index (κ1) is 20.2. The van der Waals surface area contributed by atoms with Crippen molar-refractivity contribution in [3.63, 3.8) is 0 Å². The van der Waals surface area contributed by atoms with E-state index in [0.29, 0.717) is 22.8 Å². The topological polar surface area (TPSA) is 99.7 Å². The molecule has 3 aromatic rings. The summed E-state index contributed by atoms with van der Waals surface area (Å²) >= 11 is 0. The number of hydrogen-bond donors (Lipinski definition) is 1. The van der Waals surface area contributed by atoms with Gasteiger partial charge < -0.3 is 4.74 Å². The number of ether oxygens (including phenoxy) is 1. The zero-order valence-corrected chi connectivity index (χ0v) is 17.6. The molecule has 1 saturated heterocycles. The molecule has 1 aliphatic carbocycles. The van der Waals surface area contributed by atoms with Gasteiger partial charge in [0, 0.05) is 18.2 Å². The van der Waals surface area contributed by atoms with E-state index in [0.717, 1.165) is 12.8 Å². The molecule has 1 N–H and O–H groups in total. The van der Waals surface area contributed by atoms with E-state index in [9.17, 15) is 14.4 Å². The first-order chi connectivity index (χ1) is 15.6. The van der Waals surface area contributed by atoms with Crippen LogP contribution < -0.4 is 19.9 Å². The van der Waals surface area contributed by atoms with Crippen LogP contribution in [0.25, 0.3) is 5.69 Å². The Bertz CT molecular complexity index is 1200. The first-order valence-electron chi connectivity index (χ1n) is 10.5. The van der Waals surface area contributed by atoms with E-state index in [2.05, 4.69) is 5.27 Å². The van der Waals surface area contributed by atoms with Crippen LogP contribution in [0.2, 0.25) is 0 Å². The molecule has 2 amide bonds. The molecule has 32 heavy (non-hydrogen) atoms. The highest BCUT2D eigenvalue weighted by Gasteiger charge is 2.48. The van der Waals surface area contributed by atoms with Gasteiger partial charge in [-0.05, 0) is 47.1 Å². The van der Waals surface area contributed by atoms with Gasteiger partial charge in [-0.25, -0.2) is 9.69 Å². The Morgan fingerprint density at radius 3 is 2.47 bits per heavy atom. The molecule has 1 aromatic heterocycles. The third-order valence-corrected chi connectivity index (χ3v) is 5.95. The highest BCUT2D eigenvalue weighted by molar-refractivity contribution is 6.22. The molecule has 1 aliphatic heterocycles. The second kappa shape index (κ2) is 8.08. The van der Waals surface area contributed by atoms with Crippen LogP contribution >= 0.6 is 0 Å². The third-order valence-electron chi connectivity index (χ3n) is 5.95. The van der Waals surface area contributed by atoms with Crippen LogP contribution in [-0.2, 0) is 16.1 Å². The molecule has 1 atom stereocenters. The lowest BCUT2D eigenvalue weighted by atomic mass is 10.2. The van der Waals surface area contributed by atoms with Gasteiger partial charge in [-0.3, -0.25) is 19.0 Å². The maximum absolute atomic E-state index is 13.3. The van der Waals surface area contributed by atoms with Crippen molar-refractivity contribution in [1.82, 2.24) is 10.2 Å². The number of aromatic amines is 1. The number of anilines is 1. The van der Waals surface area contributed by atoms with E-state index in [1.54, 1.807) is 60.3 Å². The van der Waals surface area contributed by atoms with Crippen molar-refractivity contribution >= 4 is 17.5 Å². The van der Waals surface area contributed by atoms with E-state index in [1.165, 1.54) is 4.90 Å². The van der Waals surface area contributed by atoms with Gasteiger partial charge in [-0.2, -0.15) is 0 Å². The number of imide groups is 1. The molecular formula is C23H23N4O5+. The molecule has 164 valence electrons. The van der Waals surface area contributed by atoms with Gasteiger partial charge in [0.25, 0.3) is 5.91 Å². The molecule has 9 nitrogen and oxygen atoms in total. The van der Waals surface area contributed by atoms with E-state index in [1.807, 2.05) is 11.0 Å². The Kier molecular flexibility index (Phi) is 5.10. The number of nitrogens with one attached hydrogen (secondary N) is 1. The summed E-state index contributed by atoms with van der Waals surface area (Å²) in [6, 6.07) is 15.6. The maximum Gasteiger partial charge on any atom is 0.431 e. The number of aromatic nitrogens is 2. The van der Waals surface area contributed by atoms with Crippen molar-refractivity contribution in [2.45, 2.75) is 37.9 Å². The SMILES string of the molecule is COc1ccc(-[n+]2[nH]oc(=O)c2CN(C2CC2)C2CC(=O)N(c3ccccc3)C2=O)cc1. The lowest BCUT2D eigenvalue weighted by Gasteiger charge is -2.25. The average molecular weight is 435 g/mol. The quantitative estimate of drug-likeness (QED) is 0.447. The summed E-state index contributed by atoms with van der Waals surface area (Å²) in [6.07, 6.45) is 1.92. The summed E-state index contributed by atoms with van der Waals surface area (Å²) in [7, 11) is 1.58. The normalized spacial score (nSPS) is 18.6. The molecule has 9 heteroatoms. The summed E-state index contributed by atoms with van der Waals surface area (Å²) in [6.45, 7) is 0.189. The second-order valence-corrected chi connectivity index (χ2v) is 7.99. The largest absolute Gasteiger partial charge is 0.497 e. The van der Waals surface area contributed by atoms with E-state index >= 15 is 0 Å². The second-order valence-electron chi connectivity index (χ2n) is 7.99. The number of methoxy groups -OCH3 is 1. The molecule has 2 aromatic carbocycles. The van der Waals surface area contributed by atoms with Gasteiger partial charge in [0.15, 0.2) is 0 Å². The number of carbonyl (C=O) groups excluding carboxylic acids is 2. The van der Waals surface area contributed by atoms with Gasteiger partial charge in [-0.1, -0.05) is 18.2 Å². The standard InChI is InChI=1S/C23H22N4O5/c1-31-18-11-9-17(10-12-18)27-20(23(30)32-24-27)14-25(15-7-8-15)19-13-21(28)26(22(19)29)16-5-3-2-4-6-16/h2-6,9-12,15,19H,7-8,13-14H2,1H3/p+1. The van der Waals surface area contributed by atoms with Crippen LogP contribution in [0.5, 0.6) is 5.75 Å². The number of hydrogen-bond acceptors (Lipinski definition) is 6. The lowest BCUT2D eigenvalue weighted by molar-refractivity contribution is -0.678. The summed E-state index contributed by atoms with van der Waals surface area (Å²) in [5.41, 5.74) is 1.11. The van der Waals surface area contributed by atoms with Crippen LogP contribution in [-0.4, -0.2) is 41.2 Å². The minimum atomic E-state index is -0.617. The van der Waals surface area contributed by atoms with Crippen molar-refractivity contribution in [2.75, 3.05) is 12.0 Å². The van der Waals surface area contributed by atoms with Crippen molar-refractivity contribution in [3.05, 3.63) is 70.7 Å². The number of para-hydroxylation sites is 1. The summed E-state index contributed by atoms with van der Waals surface area (Å²) in [4.78, 5) is 41.7. The van der Waals surface area contributed by atoms with Crippen molar-refractivity contribution in [1.29, 1.82) is 0 Å². The maximum atomic E-state index is 13.3. The number of rotatable bonds is 7. The number of benzene rings is 2. The number of H-pyrrole nitrogens is 1. The Balaban J connectivity index is 1.44. The zero-order valence-electron chi connectivity index (χ0n) is 17.6. The Morgan fingerprint density at radius 2 is 1.81 bits per heavy atom. The van der Waals surface area contributed by atoms with Crippen LogP contribution in [0.3, 0.4) is 0 Å². The number of carbonyl (C=O) groups is 2. The van der Waals surface area contributed by atoms with Gasteiger partial charge in [0.05, 0.1) is 31.8 Å². The van der Waals surface area contributed by atoms with Gasteiger partial charge in [0.1, 0.15) is 5.75 Å². The molecule has 1 saturated carbocycles. The molecular weight excluding hydrogens is 412 g/mol. The van der Waals surface area contributed by atoms with E-state index < -0.39 is 11.7 Å². The van der Waals surface area contributed by atoms with Crippen molar-refractivity contribution in [3.8, 4) is 11.4 Å². The molecule has 1 unspecified atom stereocenters. The average Bonchev–Trinajstić information content (AvgIpc) is 3.53. The van der Waals surface area contributed by atoms with Crippen LogP contribution in [0.4, 0.5) is 5.69 Å². The molecule has 0 radical (unpaired) electrons. The first-order valence-corrected chi connectivity index (χ1v) is 10.5. The minimum absolute atomic E-state index is 0.0858. The fraction of sp³-hybridized carbons (Fsp3) is 0.304. The summed E-state index contributed by atoms with van der Waals surface area (Å²) < 4.78 is 11.8. The van der Waals surface area contributed by atoms with Crippen LogP contribution in [0, 0.1) is 0 Å². The molecule has 2 aliphatic rings. The predicted molar refractivity (Wildman–Crippen MR) is 113 cm³/mol. The number of nitrogens with zero attached hydrogens (tertiary/aromatic N) is 3. The third kappa shape index (κ3) is 3.60. The van der Waals surface area contributed by atoms with Crippen LogP contribution in [0.15, 0.2) is 63.9 Å². The molecule has 2 heterocycles. The minimum Gasteiger partial charge on any atom is -0.497 e.